The Kier molecular flexibility index (Phi) is 3.14. The lowest BCUT2D eigenvalue weighted by molar-refractivity contribution is -0.0393. The lowest BCUT2D eigenvalue weighted by atomic mass is 9.91. The van der Waals surface area contributed by atoms with Crippen molar-refractivity contribution < 1.29 is 5.11 Å². The molecule has 4 N–H and O–H groups in total. The van der Waals surface area contributed by atoms with Crippen LogP contribution < -0.4 is 11.2 Å². The summed E-state index contributed by atoms with van der Waals surface area (Å²) in [6.45, 7) is 0. The Bertz CT molecular complexity index is 679. The summed E-state index contributed by atoms with van der Waals surface area (Å²) in [6, 6.07) is 14.3. The summed E-state index contributed by atoms with van der Waals surface area (Å²) in [6.07, 6.45) is 0. The van der Waals surface area contributed by atoms with Gasteiger partial charge in [-0.05, 0) is 30.4 Å². The Morgan fingerprint density at radius 1 is 1.20 bits per heavy atom. The van der Waals surface area contributed by atoms with E-state index in [9.17, 15) is 5.11 Å². The molecule has 3 rings (SSSR count). The Balaban J connectivity index is 2.28. The van der Waals surface area contributed by atoms with E-state index in [0.717, 1.165) is 5.01 Å². The second-order valence-electron chi connectivity index (χ2n) is 4.53. The molecule has 1 unspecified atom stereocenters. The number of hydrogen-bond donors (Lipinski definition) is 3. The second kappa shape index (κ2) is 4.71. The number of hydrogen-bond acceptors (Lipinski definition) is 3. The lowest BCUT2D eigenvalue weighted by Crippen LogP contribution is -2.58. The van der Waals surface area contributed by atoms with Gasteiger partial charge in [0.1, 0.15) is 0 Å². The molecule has 0 spiro atoms. The van der Waals surface area contributed by atoms with Crippen molar-refractivity contribution in [2.75, 3.05) is 5.32 Å². The number of nitrogens with two attached hydrogens (primary N) is 1. The molecule has 0 amide bonds. The van der Waals surface area contributed by atoms with Gasteiger partial charge in [0, 0.05) is 21.8 Å². The van der Waals surface area contributed by atoms with Gasteiger partial charge in [-0.15, -0.1) is 0 Å². The van der Waals surface area contributed by atoms with E-state index in [4.69, 9.17) is 29.7 Å². The van der Waals surface area contributed by atoms with E-state index >= 15 is 0 Å². The summed E-state index contributed by atoms with van der Waals surface area (Å²) < 4.78 is 0. The zero-order chi connectivity index (χ0) is 14.3. The van der Waals surface area contributed by atoms with Crippen molar-refractivity contribution in [3.05, 3.63) is 64.7 Å². The van der Waals surface area contributed by atoms with Crippen molar-refractivity contribution in [1.82, 2.24) is 5.01 Å². The van der Waals surface area contributed by atoms with Crippen LogP contribution in [0.5, 0.6) is 0 Å². The lowest BCUT2D eigenvalue weighted by Gasteiger charge is -2.43. The van der Waals surface area contributed by atoms with E-state index in [2.05, 4.69) is 5.32 Å². The van der Waals surface area contributed by atoms with Gasteiger partial charge >= 0.3 is 0 Å². The summed E-state index contributed by atoms with van der Waals surface area (Å²) in [5.74, 6) is 5.99. The van der Waals surface area contributed by atoms with Gasteiger partial charge < -0.3 is 10.4 Å². The molecule has 102 valence electrons. The van der Waals surface area contributed by atoms with E-state index < -0.39 is 5.72 Å². The van der Waals surface area contributed by atoms with Crippen molar-refractivity contribution >= 4 is 34.6 Å². The average molecular weight is 306 g/mol. The molecule has 1 aliphatic rings. The van der Waals surface area contributed by atoms with Gasteiger partial charge in [-0.1, -0.05) is 41.9 Å². The molecule has 0 aromatic heterocycles. The minimum Gasteiger partial charge on any atom is -0.362 e. The molecule has 6 heteroatoms. The fraction of sp³-hybridized carbons (Fsp3) is 0.0714. The van der Waals surface area contributed by atoms with Gasteiger partial charge in [-0.25, -0.2) is 10.9 Å². The molecule has 0 radical (unpaired) electrons. The Labute approximate surface area is 126 Å². The highest BCUT2D eigenvalue weighted by Crippen LogP contribution is 2.40. The van der Waals surface area contributed by atoms with E-state index in [1.807, 2.05) is 18.2 Å². The predicted octanol–water partition coefficient (Wildman–Crippen LogP) is 2.42. The molecule has 0 saturated carbocycles. The van der Waals surface area contributed by atoms with E-state index in [-0.39, 0.29) is 5.11 Å². The first kappa shape index (κ1) is 13.3. The van der Waals surface area contributed by atoms with Crippen molar-refractivity contribution in [1.29, 1.82) is 0 Å². The zero-order valence-corrected chi connectivity index (χ0v) is 11.9. The number of halogens is 1. The van der Waals surface area contributed by atoms with Gasteiger partial charge in [0.2, 0.25) is 5.72 Å². The number of hydrazine groups is 1. The Morgan fingerprint density at radius 2 is 1.90 bits per heavy atom. The number of aliphatic hydroxyl groups is 1. The molecular formula is C14H12ClN3OS. The molecule has 0 fully saturated rings. The highest BCUT2D eigenvalue weighted by atomic mass is 35.5. The molecule has 0 aliphatic carbocycles. The first-order valence-corrected chi connectivity index (χ1v) is 6.76. The summed E-state index contributed by atoms with van der Waals surface area (Å²) in [7, 11) is 0. The summed E-state index contributed by atoms with van der Waals surface area (Å²) >= 11 is 11.2. The van der Waals surface area contributed by atoms with Crippen molar-refractivity contribution in [2.45, 2.75) is 5.72 Å². The van der Waals surface area contributed by atoms with Gasteiger partial charge in [0.15, 0.2) is 5.11 Å². The highest BCUT2D eigenvalue weighted by Gasteiger charge is 2.43. The van der Waals surface area contributed by atoms with E-state index in [1.165, 1.54) is 0 Å². The Morgan fingerprint density at radius 3 is 2.60 bits per heavy atom. The average Bonchev–Trinajstić information content (AvgIpc) is 2.47. The van der Waals surface area contributed by atoms with Crippen LogP contribution in [0.4, 0.5) is 5.69 Å². The third kappa shape index (κ3) is 1.87. The molecule has 4 nitrogen and oxygen atoms in total. The molecule has 1 heterocycles. The van der Waals surface area contributed by atoms with Crippen molar-refractivity contribution in [3.8, 4) is 0 Å². The fourth-order valence-corrected chi connectivity index (χ4v) is 2.75. The number of thiocarbonyl (C=S) groups is 1. The predicted molar refractivity (Wildman–Crippen MR) is 83.1 cm³/mol. The van der Waals surface area contributed by atoms with Crippen LogP contribution >= 0.6 is 23.8 Å². The SMILES string of the molecule is NN1C(=S)Nc2ccc(Cl)cc2C1(O)c1ccccc1. The van der Waals surface area contributed by atoms with E-state index in [0.29, 0.717) is 21.8 Å². The number of fused-ring (bicyclic) bond motifs is 1. The molecule has 1 atom stereocenters. The van der Waals surface area contributed by atoms with E-state index in [1.54, 1.807) is 30.3 Å². The van der Waals surface area contributed by atoms with Crippen LogP contribution in [0.2, 0.25) is 5.02 Å². The highest BCUT2D eigenvalue weighted by molar-refractivity contribution is 7.80. The maximum absolute atomic E-state index is 11.2. The van der Waals surface area contributed by atoms with Crippen LogP contribution in [0, 0.1) is 0 Å². The number of nitrogens with zero attached hydrogens (tertiary/aromatic N) is 1. The molecular weight excluding hydrogens is 294 g/mol. The molecule has 2 aromatic carbocycles. The van der Waals surface area contributed by atoms with Gasteiger partial charge in [-0.3, -0.25) is 0 Å². The second-order valence-corrected chi connectivity index (χ2v) is 5.35. The summed E-state index contributed by atoms with van der Waals surface area (Å²) in [5.41, 5.74) is 0.318. The van der Waals surface area contributed by atoms with Crippen molar-refractivity contribution in [2.24, 2.45) is 5.84 Å². The van der Waals surface area contributed by atoms with Gasteiger partial charge in [0.05, 0.1) is 0 Å². The fourth-order valence-electron chi connectivity index (χ4n) is 2.33. The van der Waals surface area contributed by atoms with Gasteiger partial charge in [-0.2, -0.15) is 0 Å². The number of benzene rings is 2. The molecule has 2 aromatic rings. The quantitative estimate of drug-likeness (QED) is 0.558. The van der Waals surface area contributed by atoms with Crippen LogP contribution in [0.3, 0.4) is 0 Å². The van der Waals surface area contributed by atoms with Crippen LogP contribution in [0.1, 0.15) is 11.1 Å². The smallest absolute Gasteiger partial charge is 0.208 e. The Hall–Kier alpha value is -1.66. The minimum atomic E-state index is -1.55. The molecule has 0 bridgehead atoms. The third-order valence-electron chi connectivity index (χ3n) is 3.34. The maximum atomic E-state index is 11.2. The number of nitrogens with one attached hydrogen (secondary N) is 1. The maximum Gasteiger partial charge on any atom is 0.208 e. The van der Waals surface area contributed by atoms with Crippen LogP contribution in [0.25, 0.3) is 0 Å². The van der Waals surface area contributed by atoms with Crippen LogP contribution in [-0.2, 0) is 5.72 Å². The van der Waals surface area contributed by atoms with Crippen LogP contribution in [-0.4, -0.2) is 15.2 Å². The number of rotatable bonds is 1. The molecule has 1 aliphatic heterocycles. The van der Waals surface area contributed by atoms with Crippen LogP contribution in [0.15, 0.2) is 48.5 Å². The van der Waals surface area contributed by atoms with Gasteiger partial charge in [0.25, 0.3) is 0 Å². The molecule has 20 heavy (non-hydrogen) atoms. The summed E-state index contributed by atoms with van der Waals surface area (Å²) in [5, 5.41) is 16.0. The monoisotopic (exact) mass is 305 g/mol. The minimum absolute atomic E-state index is 0.242. The summed E-state index contributed by atoms with van der Waals surface area (Å²) in [4.78, 5) is 0. The topological polar surface area (TPSA) is 61.5 Å². The third-order valence-corrected chi connectivity index (χ3v) is 3.88. The first-order valence-electron chi connectivity index (χ1n) is 5.97. The largest absolute Gasteiger partial charge is 0.362 e. The van der Waals surface area contributed by atoms with Crippen molar-refractivity contribution in [3.63, 3.8) is 0 Å². The normalized spacial score (nSPS) is 21.4. The standard InChI is InChI=1S/C14H12ClN3OS/c15-10-6-7-12-11(8-10)14(19,18(16)13(20)17-12)9-4-2-1-3-5-9/h1-8,19H,16H2,(H,17,20). The number of anilines is 1. The first-order chi connectivity index (χ1) is 9.53. The zero-order valence-electron chi connectivity index (χ0n) is 10.4. The molecule has 0 saturated heterocycles.